The van der Waals surface area contributed by atoms with Gasteiger partial charge in [0.2, 0.25) is 5.82 Å². The zero-order valence-corrected chi connectivity index (χ0v) is 10.3. The molecule has 0 spiro atoms. The number of nitrogens with one attached hydrogen (secondary N) is 1. The number of hydrogen-bond acceptors (Lipinski definition) is 5. The van der Waals surface area contributed by atoms with Crippen molar-refractivity contribution in [3.8, 4) is 12.3 Å². The highest BCUT2D eigenvalue weighted by molar-refractivity contribution is 5.86. The maximum Gasteiger partial charge on any atom is 0.354 e. The molecule has 1 atom stereocenters. The van der Waals surface area contributed by atoms with Gasteiger partial charge in [-0.05, 0) is 12.5 Å². The fourth-order valence-corrected chi connectivity index (χ4v) is 1.46. The molecule has 0 fully saturated rings. The summed E-state index contributed by atoms with van der Waals surface area (Å²) in [6.07, 6.45) is 6.20. The molecule has 0 saturated carbocycles. The van der Waals surface area contributed by atoms with Crippen molar-refractivity contribution < 1.29 is 14.8 Å². The second-order valence-electron chi connectivity index (χ2n) is 3.78. The Bertz CT molecular complexity index is 536. The van der Waals surface area contributed by atoms with Gasteiger partial charge in [-0.25, -0.2) is 9.78 Å². The summed E-state index contributed by atoms with van der Waals surface area (Å²) in [7, 11) is 0. The van der Waals surface area contributed by atoms with Crippen LogP contribution < -0.4 is 5.32 Å². The lowest BCUT2D eigenvalue weighted by Crippen LogP contribution is -2.20. The first-order valence-corrected chi connectivity index (χ1v) is 5.58. The van der Waals surface area contributed by atoms with E-state index in [1.54, 1.807) is 0 Å². The maximum absolute atomic E-state index is 10.9. The Hall–Kier alpha value is -2.62. The van der Waals surface area contributed by atoms with Crippen molar-refractivity contribution >= 4 is 17.5 Å². The lowest BCUT2D eigenvalue weighted by atomic mass is 10.1. The fraction of sp³-hybridized carbons (Fsp3) is 0.333. The highest BCUT2D eigenvalue weighted by Gasteiger charge is 2.20. The third-order valence-electron chi connectivity index (χ3n) is 2.49. The molecule has 1 aromatic heterocycles. The first kappa shape index (κ1) is 14.4. The van der Waals surface area contributed by atoms with Crippen molar-refractivity contribution in [3.63, 3.8) is 0 Å². The summed E-state index contributed by atoms with van der Waals surface area (Å²) in [5, 5.41) is 22.5. The summed E-state index contributed by atoms with van der Waals surface area (Å²) in [6.45, 7) is 1.86. The molecule has 2 N–H and O–H groups in total. The van der Waals surface area contributed by atoms with Crippen LogP contribution in [0.5, 0.6) is 0 Å². The van der Waals surface area contributed by atoms with Gasteiger partial charge < -0.3 is 10.4 Å². The van der Waals surface area contributed by atoms with E-state index in [0.29, 0.717) is 12.8 Å². The molecule has 0 saturated heterocycles. The minimum absolute atomic E-state index is 0.0769. The van der Waals surface area contributed by atoms with Crippen LogP contribution in [0.15, 0.2) is 12.1 Å². The average Bonchev–Trinajstić information content (AvgIpc) is 2.37. The molecular weight excluding hydrogens is 250 g/mol. The minimum atomic E-state index is -1.25. The van der Waals surface area contributed by atoms with Gasteiger partial charge in [-0.2, -0.15) is 0 Å². The molecule has 0 aliphatic heterocycles. The largest absolute Gasteiger partial charge is 0.477 e. The van der Waals surface area contributed by atoms with Crippen LogP contribution in [0, 0.1) is 22.5 Å². The van der Waals surface area contributed by atoms with Gasteiger partial charge in [0.05, 0.1) is 4.92 Å². The third-order valence-corrected chi connectivity index (χ3v) is 2.49. The Kier molecular flexibility index (Phi) is 4.83. The first-order chi connectivity index (χ1) is 8.99. The van der Waals surface area contributed by atoms with Gasteiger partial charge in [0.25, 0.3) is 0 Å². The zero-order chi connectivity index (χ0) is 14.4. The van der Waals surface area contributed by atoms with E-state index in [1.165, 1.54) is 0 Å². The summed E-state index contributed by atoms with van der Waals surface area (Å²) in [6, 6.07) is 2.01. The van der Waals surface area contributed by atoms with E-state index in [0.717, 1.165) is 12.1 Å². The first-order valence-electron chi connectivity index (χ1n) is 5.58. The van der Waals surface area contributed by atoms with Crippen LogP contribution in [-0.4, -0.2) is 27.0 Å². The van der Waals surface area contributed by atoms with Crippen LogP contribution in [0.4, 0.5) is 11.5 Å². The molecule has 7 heteroatoms. The summed E-state index contributed by atoms with van der Waals surface area (Å²) in [5.74, 6) is 1.12. The molecule has 19 heavy (non-hydrogen) atoms. The number of nitro groups is 1. The van der Waals surface area contributed by atoms with E-state index in [2.05, 4.69) is 16.2 Å². The van der Waals surface area contributed by atoms with Crippen LogP contribution in [0.3, 0.4) is 0 Å². The van der Waals surface area contributed by atoms with E-state index in [4.69, 9.17) is 11.5 Å². The average molecular weight is 263 g/mol. The monoisotopic (exact) mass is 263 g/mol. The van der Waals surface area contributed by atoms with Crippen LogP contribution >= 0.6 is 0 Å². The molecule has 0 aromatic carbocycles. The van der Waals surface area contributed by atoms with E-state index in [-0.39, 0.29) is 23.2 Å². The minimum Gasteiger partial charge on any atom is -0.477 e. The summed E-state index contributed by atoms with van der Waals surface area (Å²) >= 11 is 0. The molecule has 7 nitrogen and oxygen atoms in total. The Morgan fingerprint density at radius 2 is 2.37 bits per heavy atom. The number of pyridine rings is 1. The normalized spacial score (nSPS) is 11.4. The van der Waals surface area contributed by atoms with Crippen molar-refractivity contribution in [1.82, 2.24) is 4.98 Å². The van der Waals surface area contributed by atoms with E-state index in [9.17, 15) is 14.9 Å². The van der Waals surface area contributed by atoms with E-state index >= 15 is 0 Å². The number of nitrogens with zero attached hydrogens (tertiary/aromatic N) is 2. The molecule has 1 unspecified atom stereocenters. The smallest absolute Gasteiger partial charge is 0.354 e. The second kappa shape index (κ2) is 6.35. The lowest BCUT2D eigenvalue weighted by Gasteiger charge is -2.15. The summed E-state index contributed by atoms with van der Waals surface area (Å²) < 4.78 is 0. The number of rotatable bonds is 6. The molecule has 1 aromatic rings. The van der Waals surface area contributed by atoms with E-state index < -0.39 is 10.9 Å². The van der Waals surface area contributed by atoms with Gasteiger partial charge in [-0.15, -0.1) is 12.3 Å². The molecule has 1 heterocycles. The maximum atomic E-state index is 10.9. The Balaban J connectivity index is 3.14. The predicted octanol–water partition coefficient (Wildman–Crippen LogP) is 1.90. The van der Waals surface area contributed by atoms with Crippen molar-refractivity contribution in [2.45, 2.75) is 25.8 Å². The highest BCUT2D eigenvalue weighted by atomic mass is 16.6. The number of terminal acetylenes is 1. The van der Waals surface area contributed by atoms with Gasteiger partial charge in [-0.1, -0.05) is 6.92 Å². The van der Waals surface area contributed by atoms with Crippen molar-refractivity contribution in [2.75, 3.05) is 5.32 Å². The Morgan fingerprint density at radius 3 is 2.84 bits per heavy atom. The van der Waals surface area contributed by atoms with Crippen LogP contribution in [0.1, 0.15) is 30.3 Å². The summed E-state index contributed by atoms with van der Waals surface area (Å²) in [4.78, 5) is 24.8. The number of aromatic carboxylic acids is 1. The highest BCUT2D eigenvalue weighted by Crippen LogP contribution is 2.23. The third kappa shape index (κ3) is 3.67. The number of aromatic nitrogens is 1. The molecule has 0 radical (unpaired) electrons. The molecule has 0 amide bonds. The van der Waals surface area contributed by atoms with Crippen LogP contribution in [0.25, 0.3) is 0 Å². The standard InChI is InChI=1S/C12H13N3O4/c1-3-5-8(4-2)13-11-10(15(18)19)7-6-9(14-11)12(16)17/h1,6-8H,4-5H2,2H3,(H,13,14)(H,16,17). The molecule has 0 aliphatic rings. The van der Waals surface area contributed by atoms with Crippen molar-refractivity contribution in [2.24, 2.45) is 0 Å². The zero-order valence-electron chi connectivity index (χ0n) is 10.3. The fourth-order valence-electron chi connectivity index (χ4n) is 1.46. The topological polar surface area (TPSA) is 105 Å². The Morgan fingerprint density at radius 1 is 1.68 bits per heavy atom. The van der Waals surface area contributed by atoms with Gasteiger partial charge in [-0.3, -0.25) is 10.1 Å². The number of anilines is 1. The van der Waals surface area contributed by atoms with Crippen LogP contribution in [-0.2, 0) is 0 Å². The van der Waals surface area contributed by atoms with Gasteiger partial charge >= 0.3 is 11.7 Å². The molecule has 0 aliphatic carbocycles. The quantitative estimate of drug-likeness (QED) is 0.461. The Labute approximate surface area is 109 Å². The number of carboxylic acids is 1. The molecule has 1 rings (SSSR count). The molecular formula is C12H13N3O4. The van der Waals surface area contributed by atoms with E-state index in [1.807, 2.05) is 6.92 Å². The molecule has 100 valence electrons. The SMILES string of the molecule is C#CCC(CC)Nc1nc(C(=O)O)ccc1[N+](=O)[O-]. The van der Waals surface area contributed by atoms with Crippen molar-refractivity contribution in [3.05, 3.63) is 27.9 Å². The molecule has 0 bridgehead atoms. The van der Waals surface area contributed by atoms with Gasteiger partial charge in [0, 0.05) is 18.5 Å². The number of carboxylic acid groups (broad SMARTS) is 1. The van der Waals surface area contributed by atoms with Gasteiger partial charge in [0.1, 0.15) is 0 Å². The number of carbonyl (C=O) groups is 1. The summed E-state index contributed by atoms with van der Waals surface area (Å²) in [5.41, 5.74) is -0.538. The predicted molar refractivity (Wildman–Crippen MR) is 69.0 cm³/mol. The van der Waals surface area contributed by atoms with Crippen molar-refractivity contribution in [1.29, 1.82) is 0 Å². The number of hydrogen-bond donors (Lipinski definition) is 2. The second-order valence-corrected chi connectivity index (χ2v) is 3.78. The van der Waals surface area contributed by atoms with Gasteiger partial charge in [0.15, 0.2) is 5.69 Å². The van der Waals surface area contributed by atoms with Crippen LogP contribution in [0.2, 0.25) is 0 Å². The lowest BCUT2D eigenvalue weighted by molar-refractivity contribution is -0.384.